The first-order valence-corrected chi connectivity index (χ1v) is 18.1. The summed E-state index contributed by atoms with van der Waals surface area (Å²) in [5.41, 5.74) is 10.3. The highest BCUT2D eigenvalue weighted by Gasteiger charge is 2.26. The van der Waals surface area contributed by atoms with Gasteiger partial charge in [-0.3, -0.25) is 0 Å². The second kappa shape index (κ2) is 9.69. The lowest BCUT2D eigenvalue weighted by molar-refractivity contribution is 1.19. The monoisotopic (exact) mass is 649 g/mol. The summed E-state index contributed by atoms with van der Waals surface area (Å²) in [5, 5.41) is 14.4. The molecule has 0 saturated heterocycles. The molecule has 1 nitrogen and oxygen atoms in total. The number of rotatable bonds is 2. The van der Waals surface area contributed by atoms with Crippen LogP contribution in [0.15, 0.2) is 164 Å². The first kappa shape index (κ1) is 26.7. The third-order valence-electron chi connectivity index (χ3n) is 11.1. The van der Waals surface area contributed by atoms with Crippen LogP contribution in [0.2, 0.25) is 0 Å². The van der Waals surface area contributed by atoms with Gasteiger partial charge in [-0.2, -0.15) is 0 Å². The molecule has 1 aliphatic rings. The number of aromatic nitrogens is 1. The number of thiophene rings is 1. The summed E-state index contributed by atoms with van der Waals surface area (Å²) in [6, 6.07) is 61.1. The van der Waals surface area contributed by atoms with Crippen molar-refractivity contribution in [3.05, 3.63) is 164 Å². The zero-order chi connectivity index (χ0) is 32.5. The van der Waals surface area contributed by atoms with Crippen LogP contribution >= 0.6 is 11.3 Å². The highest BCUT2D eigenvalue weighted by molar-refractivity contribution is 7.23. The van der Waals surface area contributed by atoms with E-state index in [1.165, 1.54) is 113 Å². The van der Waals surface area contributed by atoms with Gasteiger partial charge in [0, 0.05) is 42.6 Å². The fourth-order valence-electron chi connectivity index (χ4n) is 8.94. The van der Waals surface area contributed by atoms with E-state index in [-0.39, 0.29) is 0 Å². The minimum Gasteiger partial charge on any atom is -0.309 e. The summed E-state index contributed by atoms with van der Waals surface area (Å²) in [6.07, 6.45) is 0. The molecule has 1 aliphatic carbocycles. The second-order valence-corrected chi connectivity index (χ2v) is 14.7. The molecular weight excluding hydrogens is 623 g/mol. The number of nitrogens with zero attached hydrogens (tertiary/aromatic N) is 1. The van der Waals surface area contributed by atoms with E-state index < -0.39 is 0 Å². The predicted molar refractivity (Wildman–Crippen MR) is 216 cm³/mol. The summed E-state index contributed by atoms with van der Waals surface area (Å²) < 4.78 is 3.80. The minimum absolute atomic E-state index is 1.18. The first-order valence-electron chi connectivity index (χ1n) is 17.3. The Labute approximate surface area is 291 Å². The van der Waals surface area contributed by atoms with Gasteiger partial charge in [0.1, 0.15) is 0 Å². The lowest BCUT2D eigenvalue weighted by Gasteiger charge is -2.14. The van der Waals surface area contributed by atoms with Crippen LogP contribution in [0.4, 0.5) is 0 Å². The quantitative estimate of drug-likeness (QED) is 0.164. The second-order valence-electron chi connectivity index (χ2n) is 13.6. The predicted octanol–water partition coefficient (Wildman–Crippen LogP) is 13.9. The zero-order valence-corrected chi connectivity index (χ0v) is 27.8. The minimum atomic E-state index is 1.18. The molecule has 0 N–H and O–H groups in total. The molecule has 0 unspecified atom stereocenters. The van der Waals surface area contributed by atoms with Crippen molar-refractivity contribution in [2.45, 2.75) is 0 Å². The molecule has 2 aromatic heterocycles. The molecule has 230 valence electrons. The Balaban J connectivity index is 1.06. The summed E-state index contributed by atoms with van der Waals surface area (Å²) in [6.45, 7) is 0. The molecule has 0 bridgehead atoms. The molecule has 0 radical (unpaired) electrons. The normalized spacial score (nSPS) is 12.4. The highest BCUT2D eigenvalue weighted by atomic mass is 32.1. The molecule has 2 heterocycles. The fourth-order valence-corrected chi connectivity index (χ4v) is 10.2. The van der Waals surface area contributed by atoms with Gasteiger partial charge in [-0.25, -0.2) is 0 Å². The summed E-state index contributed by atoms with van der Waals surface area (Å²) in [7, 11) is 0. The fraction of sp³-hybridized carbons (Fsp3) is 0. The topological polar surface area (TPSA) is 4.93 Å². The van der Waals surface area contributed by atoms with Gasteiger partial charge in [0.2, 0.25) is 0 Å². The molecule has 12 rings (SSSR count). The SMILES string of the molecule is c1cc2c3c(cccc3c1)-c1c-2sc2ccc(-c3ccc4c(c3)c3ccccc3n4-c3ccc4c5ccccc5c5ccccc5c4c3)cc12. The van der Waals surface area contributed by atoms with E-state index >= 15 is 0 Å². The maximum absolute atomic E-state index is 2.45. The van der Waals surface area contributed by atoms with Crippen molar-refractivity contribution in [1.29, 1.82) is 0 Å². The van der Waals surface area contributed by atoms with E-state index in [0.29, 0.717) is 0 Å². The Kier molecular flexibility index (Phi) is 5.18. The lowest BCUT2D eigenvalue weighted by atomic mass is 9.94. The molecule has 0 spiro atoms. The number of hydrogen-bond acceptors (Lipinski definition) is 1. The number of hydrogen-bond donors (Lipinski definition) is 0. The van der Waals surface area contributed by atoms with Crippen LogP contribution in [0.3, 0.4) is 0 Å². The molecular formula is C48H27NS. The van der Waals surface area contributed by atoms with Gasteiger partial charge in [0.05, 0.1) is 11.0 Å². The van der Waals surface area contributed by atoms with Crippen molar-refractivity contribution in [2.24, 2.45) is 0 Å². The average molecular weight is 650 g/mol. The van der Waals surface area contributed by atoms with Gasteiger partial charge in [0.25, 0.3) is 0 Å². The van der Waals surface area contributed by atoms with Crippen molar-refractivity contribution in [3.63, 3.8) is 0 Å². The Morgan fingerprint density at radius 1 is 0.380 bits per heavy atom. The molecule has 11 aromatic rings. The van der Waals surface area contributed by atoms with Crippen LogP contribution in [0.1, 0.15) is 0 Å². The molecule has 0 saturated carbocycles. The first-order chi connectivity index (χ1) is 24.8. The standard InChI is InChI=1S/C48H27NS/c1-2-13-34-32(11-1)33-12-3-4-14-35(33)40-27-31(21-22-36(34)40)49-43-18-6-5-15-37(43)41-25-29(19-23-44(41)49)30-20-24-45-42(26-30)47-38-16-7-9-28-10-8-17-39(46(28)38)48(47)50-45/h1-27H. The zero-order valence-electron chi connectivity index (χ0n) is 26.9. The van der Waals surface area contributed by atoms with E-state index in [9.17, 15) is 0 Å². The molecule has 0 fully saturated rings. The van der Waals surface area contributed by atoms with Crippen LogP contribution in [0.25, 0.3) is 113 Å². The van der Waals surface area contributed by atoms with Gasteiger partial charge in [-0.1, -0.05) is 121 Å². The van der Waals surface area contributed by atoms with Crippen LogP contribution in [0.5, 0.6) is 0 Å². The molecule has 0 amide bonds. The Bertz CT molecular complexity index is 3220. The lowest BCUT2D eigenvalue weighted by Crippen LogP contribution is -1.94. The highest BCUT2D eigenvalue weighted by Crippen LogP contribution is 2.54. The van der Waals surface area contributed by atoms with Crippen LogP contribution in [0, 0.1) is 0 Å². The summed E-state index contributed by atoms with van der Waals surface area (Å²) in [4.78, 5) is 1.40. The smallest absolute Gasteiger partial charge is 0.0541 e. The van der Waals surface area contributed by atoms with Gasteiger partial charge >= 0.3 is 0 Å². The molecule has 0 atom stereocenters. The van der Waals surface area contributed by atoms with Gasteiger partial charge in [-0.05, 0) is 102 Å². The van der Waals surface area contributed by atoms with Crippen LogP contribution in [-0.2, 0) is 0 Å². The van der Waals surface area contributed by atoms with Crippen molar-refractivity contribution < 1.29 is 0 Å². The van der Waals surface area contributed by atoms with E-state index in [4.69, 9.17) is 0 Å². The van der Waals surface area contributed by atoms with E-state index in [1.807, 2.05) is 11.3 Å². The third-order valence-corrected chi connectivity index (χ3v) is 12.3. The van der Waals surface area contributed by atoms with Crippen molar-refractivity contribution in [3.8, 4) is 38.4 Å². The van der Waals surface area contributed by atoms with E-state index in [1.54, 1.807) is 0 Å². The van der Waals surface area contributed by atoms with Crippen LogP contribution in [-0.4, -0.2) is 4.57 Å². The van der Waals surface area contributed by atoms with Crippen LogP contribution < -0.4 is 0 Å². The Hall–Kier alpha value is -6.22. The van der Waals surface area contributed by atoms with Gasteiger partial charge in [-0.15, -0.1) is 11.3 Å². The largest absolute Gasteiger partial charge is 0.309 e. The number of para-hydroxylation sites is 1. The van der Waals surface area contributed by atoms with E-state index in [2.05, 4.69) is 168 Å². The maximum atomic E-state index is 2.45. The third kappa shape index (κ3) is 3.46. The molecule has 50 heavy (non-hydrogen) atoms. The van der Waals surface area contributed by atoms with Gasteiger partial charge in [0.15, 0.2) is 0 Å². The van der Waals surface area contributed by atoms with Crippen molar-refractivity contribution in [1.82, 2.24) is 4.57 Å². The Morgan fingerprint density at radius 2 is 0.980 bits per heavy atom. The molecule has 9 aromatic carbocycles. The summed E-state index contributed by atoms with van der Waals surface area (Å²) >= 11 is 1.92. The molecule has 0 aliphatic heterocycles. The molecule has 2 heteroatoms. The number of fused-ring (bicyclic) bond motifs is 14. The average Bonchev–Trinajstić information content (AvgIpc) is 3.83. The maximum Gasteiger partial charge on any atom is 0.0541 e. The van der Waals surface area contributed by atoms with Crippen molar-refractivity contribution in [2.75, 3.05) is 0 Å². The number of benzene rings is 9. The van der Waals surface area contributed by atoms with E-state index in [0.717, 1.165) is 0 Å². The Morgan fingerprint density at radius 3 is 1.74 bits per heavy atom. The summed E-state index contributed by atoms with van der Waals surface area (Å²) in [5.74, 6) is 0. The van der Waals surface area contributed by atoms with Crippen molar-refractivity contribution >= 4 is 86.3 Å². The van der Waals surface area contributed by atoms with Gasteiger partial charge < -0.3 is 4.57 Å².